The van der Waals surface area contributed by atoms with E-state index in [2.05, 4.69) is 263 Å². The minimum Gasteiger partial charge on any atom is -0.310 e. The van der Waals surface area contributed by atoms with Crippen molar-refractivity contribution in [2.45, 2.75) is 0 Å². The van der Waals surface area contributed by atoms with Gasteiger partial charge in [-0.1, -0.05) is 146 Å². The molecule has 13 aromatic rings. The van der Waals surface area contributed by atoms with Crippen molar-refractivity contribution < 1.29 is 0 Å². The highest BCUT2D eigenvalue weighted by molar-refractivity contribution is 6.12. The Morgan fingerprint density at radius 3 is 1.25 bits per heavy atom. The lowest BCUT2D eigenvalue weighted by molar-refractivity contribution is 1.18. The third-order valence-electron chi connectivity index (χ3n) is 13.6. The van der Waals surface area contributed by atoms with Crippen LogP contribution in [-0.2, 0) is 0 Å². The first-order valence-corrected chi connectivity index (χ1v) is 24.1. The molecule has 0 N–H and O–H groups in total. The molecule has 3 aromatic heterocycles. The summed E-state index contributed by atoms with van der Waals surface area (Å²) in [4.78, 5) is 14.5. The fourth-order valence-corrected chi connectivity index (χ4v) is 10.4. The monoisotopic (exact) mass is 907 g/mol. The molecule has 0 radical (unpaired) electrons. The number of pyridine rings is 2. The van der Waals surface area contributed by atoms with Gasteiger partial charge in [0.2, 0.25) is 0 Å². The number of benzene rings is 10. The van der Waals surface area contributed by atoms with Gasteiger partial charge in [0.1, 0.15) is 0 Å². The Kier molecular flexibility index (Phi) is 10.4. The second-order valence-electron chi connectivity index (χ2n) is 17.8. The zero-order valence-electron chi connectivity index (χ0n) is 38.7. The maximum Gasteiger partial charge on any atom is 0.0780 e. The van der Waals surface area contributed by atoms with Gasteiger partial charge in [0.25, 0.3) is 0 Å². The molecule has 10 aromatic carbocycles. The van der Waals surface area contributed by atoms with Crippen LogP contribution in [0, 0.1) is 0 Å². The van der Waals surface area contributed by atoms with Gasteiger partial charge in [-0.3, -0.25) is 9.97 Å². The van der Waals surface area contributed by atoms with Gasteiger partial charge >= 0.3 is 0 Å². The van der Waals surface area contributed by atoms with Gasteiger partial charge in [0, 0.05) is 84.9 Å². The summed E-state index contributed by atoms with van der Waals surface area (Å²) in [5.41, 5.74) is 18.4. The molecule has 334 valence electrons. The van der Waals surface area contributed by atoms with Gasteiger partial charge in [-0.05, 0) is 138 Å². The van der Waals surface area contributed by atoms with Crippen LogP contribution in [0.15, 0.2) is 273 Å². The van der Waals surface area contributed by atoms with E-state index in [0.717, 1.165) is 117 Å². The molecule has 0 spiro atoms. The van der Waals surface area contributed by atoms with Crippen LogP contribution in [0.4, 0.5) is 34.1 Å². The van der Waals surface area contributed by atoms with Crippen LogP contribution >= 0.6 is 0 Å². The molecule has 0 fully saturated rings. The number of hydrogen-bond donors (Lipinski definition) is 0. The zero-order valence-corrected chi connectivity index (χ0v) is 38.7. The number of fused-ring (bicyclic) bond motifs is 5. The smallest absolute Gasteiger partial charge is 0.0780 e. The minimum atomic E-state index is 0.967. The minimum absolute atomic E-state index is 0.967. The second kappa shape index (κ2) is 17.8. The highest BCUT2D eigenvalue weighted by Gasteiger charge is 2.21. The molecule has 0 aliphatic heterocycles. The molecule has 0 aliphatic carbocycles. The predicted molar refractivity (Wildman–Crippen MR) is 297 cm³/mol. The third kappa shape index (κ3) is 7.54. The molecule has 0 amide bonds. The van der Waals surface area contributed by atoms with Gasteiger partial charge in [0.15, 0.2) is 0 Å². The molecule has 0 bridgehead atoms. The van der Waals surface area contributed by atoms with E-state index in [4.69, 9.17) is 9.97 Å². The van der Waals surface area contributed by atoms with Gasteiger partial charge in [0.05, 0.1) is 22.1 Å². The number of nitrogens with zero attached hydrogens (tertiary/aromatic N) is 5. The SMILES string of the molecule is c1ccc(N(c2ccccc2)c2ccc3c(c2)c2cc(N(c4ccccc4)c4ccccc4)ccc2n3-c2cccc(-c3ccc(-c4cccc5cccnc45)cc3-c3cccc4cccnc34)c2)cc1. The number of aromatic nitrogens is 3. The van der Waals surface area contributed by atoms with Crippen LogP contribution < -0.4 is 9.80 Å². The van der Waals surface area contributed by atoms with Crippen molar-refractivity contribution >= 4 is 77.7 Å². The standard InChI is InChI=1S/C66H45N5/c1-5-23-50(24-6-1)69(51-25-7-2-8-26-51)55-35-38-63-61(44-55)62-45-56(70(52-27-9-3-10-28-52)53-29-11-4-12-30-53)36-39-64(62)71(63)54-31-13-20-48(42-54)57-37-34-49(58-32-14-18-46-21-16-40-67-65(46)58)43-60(57)59-33-15-19-47-22-17-41-68-66(47)59/h1-45H. The maximum atomic E-state index is 4.96. The van der Waals surface area contributed by atoms with Crippen LogP contribution in [0.1, 0.15) is 0 Å². The Labute approximate surface area is 412 Å². The summed E-state index contributed by atoms with van der Waals surface area (Å²) in [6, 6.07) is 93.4. The number of rotatable bonds is 10. The van der Waals surface area contributed by atoms with Crippen LogP contribution in [0.2, 0.25) is 0 Å². The fourth-order valence-electron chi connectivity index (χ4n) is 10.4. The highest BCUT2D eigenvalue weighted by atomic mass is 15.1. The topological polar surface area (TPSA) is 37.2 Å². The molecule has 0 unspecified atom stereocenters. The Morgan fingerprint density at radius 1 is 0.282 bits per heavy atom. The summed E-state index contributed by atoms with van der Waals surface area (Å²) >= 11 is 0. The Bertz CT molecular complexity index is 3830. The summed E-state index contributed by atoms with van der Waals surface area (Å²) in [7, 11) is 0. The van der Waals surface area contributed by atoms with Crippen molar-refractivity contribution in [1.82, 2.24) is 14.5 Å². The summed E-state index contributed by atoms with van der Waals surface area (Å²) in [6.45, 7) is 0. The molecule has 0 aliphatic rings. The van der Waals surface area contributed by atoms with E-state index in [-0.39, 0.29) is 0 Å². The summed E-state index contributed by atoms with van der Waals surface area (Å²) < 4.78 is 2.43. The third-order valence-corrected chi connectivity index (χ3v) is 13.6. The average molecular weight is 908 g/mol. The fraction of sp³-hybridized carbons (Fsp3) is 0. The van der Waals surface area contributed by atoms with Crippen LogP contribution in [-0.4, -0.2) is 14.5 Å². The maximum absolute atomic E-state index is 4.96. The average Bonchev–Trinajstić information content (AvgIpc) is 3.77. The lowest BCUT2D eigenvalue weighted by Crippen LogP contribution is -2.09. The van der Waals surface area contributed by atoms with Gasteiger partial charge in [-0.2, -0.15) is 0 Å². The van der Waals surface area contributed by atoms with E-state index in [1.807, 2.05) is 24.5 Å². The largest absolute Gasteiger partial charge is 0.310 e. The van der Waals surface area contributed by atoms with E-state index >= 15 is 0 Å². The van der Waals surface area contributed by atoms with E-state index in [1.54, 1.807) is 0 Å². The molecule has 0 saturated heterocycles. The van der Waals surface area contributed by atoms with Crippen LogP contribution in [0.25, 0.3) is 82.7 Å². The number of anilines is 6. The zero-order chi connectivity index (χ0) is 47.1. The lowest BCUT2D eigenvalue weighted by Gasteiger charge is -2.26. The Hall–Kier alpha value is -9.58. The molecule has 13 rings (SSSR count). The van der Waals surface area contributed by atoms with Gasteiger partial charge in [-0.25, -0.2) is 0 Å². The van der Waals surface area contributed by atoms with E-state index in [1.165, 1.54) is 0 Å². The molecule has 0 atom stereocenters. The van der Waals surface area contributed by atoms with Gasteiger partial charge < -0.3 is 14.4 Å². The molecular weight excluding hydrogens is 863 g/mol. The molecule has 5 nitrogen and oxygen atoms in total. The van der Waals surface area contributed by atoms with E-state index in [0.29, 0.717) is 0 Å². The highest BCUT2D eigenvalue weighted by Crippen LogP contribution is 2.45. The first-order valence-electron chi connectivity index (χ1n) is 24.1. The van der Waals surface area contributed by atoms with Gasteiger partial charge in [-0.15, -0.1) is 0 Å². The molecule has 3 heterocycles. The van der Waals surface area contributed by atoms with Crippen molar-refractivity contribution in [1.29, 1.82) is 0 Å². The van der Waals surface area contributed by atoms with E-state index < -0.39 is 0 Å². The molecule has 71 heavy (non-hydrogen) atoms. The number of para-hydroxylation sites is 6. The van der Waals surface area contributed by atoms with Crippen LogP contribution in [0.3, 0.4) is 0 Å². The quantitative estimate of drug-likeness (QED) is 0.137. The first kappa shape index (κ1) is 41.6. The van der Waals surface area contributed by atoms with E-state index in [9.17, 15) is 0 Å². The number of hydrogen-bond acceptors (Lipinski definition) is 4. The molecular formula is C66H45N5. The Balaban J connectivity index is 1.03. The summed E-state index contributed by atoms with van der Waals surface area (Å²) in [5, 5.41) is 4.51. The second-order valence-corrected chi connectivity index (χ2v) is 17.8. The van der Waals surface area contributed by atoms with Crippen molar-refractivity contribution in [3.63, 3.8) is 0 Å². The normalized spacial score (nSPS) is 11.4. The molecule has 0 saturated carbocycles. The summed E-state index contributed by atoms with van der Waals surface area (Å²) in [5.74, 6) is 0. The van der Waals surface area contributed by atoms with Crippen LogP contribution in [0.5, 0.6) is 0 Å². The van der Waals surface area contributed by atoms with Crippen molar-refractivity contribution in [3.05, 3.63) is 273 Å². The Morgan fingerprint density at radius 2 is 0.732 bits per heavy atom. The first-order chi connectivity index (χ1) is 35.2. The predicted octanol–water partition coefficient (Wildman–Crippen LogP) is 17.8. The van der Waals surface area contributed by atoms with Crippen molar-refractivity contribution in [2.75, 3.05) is 9.80 Å². The van der Waals surface area contributed by atoms with Crippen molar-refractivity contribution in [2.24, 2.45) is 0 Å². The van der Waals surface area contributed by atoms with Crippen molar-refractivity contribution in [3.8, 4) is 39.1 Å². The lowest BCUT2D eigenvalue weighted by atomic mass is 9.89. The molecule has 5 heteroatoms. The summed E-state index contributed by atoms with van der Waals surface area (Å²) in [6.07, 6.45) is 3.77.